The van der Waals surface area contributed by atoms with Crippen LogP contribution >= 0.6 is 0 Å². The predicted molar refractivity (Wildman–Crippen MR) is 152 cm³/mol. The average molecular weight is 656 g/mol. The molecule has 0 spiro atoms. The third kappa shape index (κ3) is 8.51. The molecule has 0 saturated carbocycles. The van der Waals surface area contributed by atoms with Gasteiger partial charge in [0, 0.05) is 13.0 Å². The summed E-state index contributed by atoms with van der Waals surface area (Å²) in [7, 11) is -2.72. The Hall–Kier alpha value is -4.18. The van der Waals surface area contributed by atoms with E-state index in [1.165, 1.54) is 12.1 Å². The van der Waals surface area contributed by atoms with E-state index in [-0.39, 0.29) is 24.7 Å². The van der Waals surface area contributed by atoms with Crippen LogP contribution in [0.25, 0.3) is 0 Å². The van der Waals surface area contributed by atoms with E-state index in [1.54, 1.807) is 24.3 Å². The van der Waals surface area contributed by atoms with E-state index in [9.17, 15) is 40.8 Å². The molecule has 2 heterocycles. The second-order valence-electron chi connectivity index (χ2n) is 10.8. The number of sulfonamides is 1. The van der Waals surface area contributed by atoms with Gasteiger partial charge in [0.25, 0.3) is 0 Å². The van der Waals surface area contributed by atoms with Gasteiger partial charge in [0.1, 0.15) is 22.3 Å². The SMILES string of the molecule is COC(=O)c1c(OCCCCNCC2(Cc3ccc(C4CC(=O)NS4(=O)=O)cc3)CCC(=O)N2)cccc1OC(=O)C(F)(F)F. The second kappa shape index (κ2) is 13.9. The van der Waals surface area contributed by atoms with Gasteiger partial charge in [-0.25, -0.2) is 18.0 Å². The summed E-state index contributed by atoms with van der Waals surface area (Å²) in [5.41, 5.74) is 0.387. The lowest BCUT2D eigenvalue weighted by atomic mass is 9.88. The number of hydrogen-bond acceptors (Lipinski definition) is 10. The minimum Gasteiger partial charge on any atom is -0.493 e. The Bertz CT molecular complexity index is 1550. The lowest BCUT2D eigenvalue weighted by molar-refractivity contribution is -0.189. The van der Waals surface area contributed by atoms with Gasteiger partial charge in [0.15, 0.2) is 0 Å². The molecule has 0 radical (unpaired) electrons. The molecule has 45 heavy (non-hydrogen) atoms. The molecule has 2 unspecified atom stereocenters. The molecule has 2 aliphatic rings. The quantitative estimate of drug-likeness (QED) is 0.166. The zero-order valence-electron chi connectivity index (χ0n) is 24.2. The summed E-state index contributed by atoms with van der Waals surface area (Å²) in [4.78, 5) is 47.2. The average Bonchev–Trinajstić information content (AvgIpc) is 3.48. The fourth-order valence-electron chi connectivity index (χ4n) is 5.23. The number of carbonyl (C=O) groups excluding carboxylic acids is 4. The summed E-state index contributed by atoms with van der Waals surface area (Å²) >= 11 is 0. The number of methoxy groups -OCH3 is 1. The Morgan fingerprint density at radius 2 is 1.76 bits per heavy atom. The first kappa shape index (κ1) is 33.7. The summed E-state index contributed by atoms with van der Waals surface area (Å²) in [6, 6.07) is 10.6. The standard InChI is InChI=1S/C29H32F3N3O9S/c1-42-26(38)25-20(5-4-6-21(25)44-27(39)29(30,31)32)43-14-3-2-13-33-17-28(12-11-23(36)34-28)16-18-7-9-19(10-8-18)22-15-24(37)35-45(22,40)41/h4-10,22,33H,2-3,11-17H2,1H3,(H,34,36)(H,35,37). The Morgan fingerprint density at radius 3 is 2.36 bits per heavy atom. The van der Waals surface area contributed by atoms with Crippen LogP contribution in [-0.2, 0) is 35.6 Å². The van der Waals surface area contributed by atoms with Crippen molar-refractivity contribution in [3.8, 4) is 11.5 Å². The third-order valence-electron chi connectivity index (χ3n) is 7.41. The number of rotatable bonds is 13. The normalized spacial score (nSPS) is 20.8. The molecule has 2 atom stereocenters. The van der Waals surface area contributed by atoms with Crippen molar-refractivity contribution in [3.63, 3.8) is 0 Å². The van der Waals surface area contributed by atoms with Crippen molar-refractivity contribution in [3.05, 3.63) is 59.2 Å². The van der Waals surface area contributed by atoms with Crippen LogP contribution in [0, 0.1) is 0 Å². The van der Waals surface area contributed by atoms with Gasteiger partial charge in [-0.1, -0.05) is 30.3 Å². The molecule has 2 amide bonds. The smallest absolute Gasteiger partial charge is 0.491 e. The van der Waals surface area contributed by atoms with Crippen molar-refractivity contribution in [2.75, 3.05) is 26.8 Å². The van der Waals surface area contributed by atoms with Crippen LogP contribution in [0.4, 0.5) is 13.2 Å². The fraction of sp³-hybridized carbons (Fsp3) is 0.448. The first-order chi connectivity index (χ1) is 21.2. The summed E-state index contributed by atoms with van der Waals surface area (Å²) in [5, 5.41) is 5.44. The molecule has 16 heteroatoms. The zero-order valence-corrected chi connectivity index (χ0v) is 25.0. The number of nitrogens with one attached hydrogen (secondary N) is 3. The Kier molecular flexibility index (Phi) is 10.4. The molecule has 0 bridgehead atoms. The molecule has 2 aromatic carbocycles. The van der Waals surface area contributed by atoms with Gasteiger partial charge in [-0.05, 0) is 55.5 Å². The van der Waals surface area contributed by atoms with Crippen LogP contribution < -0.4 is 24.8 Å². The molecule has 2 aliphatic heterocycles. The predicted octanol–water partition coefficient (Wildman–Crippen LogP) is 2.47. The molecule has 2 fully saturated rings. The molecule has 4 rings (SSSR count). The van der Waals surface area contributed by atoms with Crippen LogP contribution in [0.3, 0.4) is 0 Å². The largest absolute Gasteiger partial charge is 0.493 e. The van der Waals surface area contributed by atoms with E-state index in [1.807, 2.05) is 4.72 Å². The van der Waals surface area contributed by atoms with Crippen LogP contribution in [-0.4, -0.2) is 70.7 Å². The highest BCUT2D eigenvalue weighted by Crippen LogP contribution is 2.33. The lowest BCUT2D eigenvalue weighted by Crippen LogP contribution is -2.51. The Labute approximate surface area is 257 Å². The summed E-state index contributed by atoms with van der Waals surface area (Å²) in [5.74, 6) is -4.88. The van der Waals surface area contributed by atoms with Gasteiger partial charge in [-0.3, -0.25) is 14.3 Å². The van der Waals surface area contributed by atoms with Crippen LogP contribution in [0.1, 0.15) is 58.8 Å². The number of alkyl halides is 3. The van der Waals surface area contributed by atoms with Gasteiger partial charge in [-0.15, -0.1) is 0 Å². The highest BCUT2D eigenvalue weighted by Gasteiger charge is 2.42. The molecule has 12 nitrogen and oxygen atoms in total. The van der Waals surface area contributed by atoms with Gasteiger partial charge in [-0.2, -0.15) is 13.2 Å². The van der Waals surface area contributed by atoms with Crippen molar-refractivity contribution >= 4 is 33.8 Å². The maximum absolute atomic E-state index is 12.7. The Morgan fingerprint density at radius 1 is 1.04 bits per heavy atom. The maximum Gasteiger partial charge on any atom is 0.491 e. The van der Waals surface area contributed by atoms with Crippen LogP contribution in [0.2, 0.25) is 0 Å². The molecular weight excluding hydrogens is 623 g/mol. The fourth-order valence-corrected chi connectivity index (χ4v) is 6.66. The number of esters is 2. The molecular formula is C29H32F3N3O9S. The lowest BCUT2D eigenvalue weighted by Gasteiger charge is -2.30. The van der Waals surface area contributed by atoms with E-state index in [0.717, 1.165) is 18.7 Å². The number of unbranched alkanes of at least 4 members (excludes halogenated alkanes) is 1. The number of ether oxygens (including phenoxy) is 3. The van der Waals surface area contributed by atoms with Crippen molar-refractivity contribution in [2.24, 2.45) is 0 Å². The van der Waals surface area contributed by atoms with Crippen LogP contribution in [0.5, 0.6) is 11.5 Å². The number of hydrogen-bond donors (Lipinski definition) is 3. The van der Waals surface area contributed by atoms with Crippen molar-refractivity contribution < 1.29 is 55.0 Å². The van der Waals surface area contributed by atoms with Gasteiger partial charge < -0.3 is 24.8 Å². The molecule has 0 aromatic heterocycles. The number of benzene rings is 2. The van der Waals surface area contributed by atoms with E-state index in [2.05, 4.69) is 20.1 Å². The van der Waals surface area contributed by atoms with E-state index in [4.69, 9.17) is 4.74 Å². The highest BCUT2D eigenvalue weighted by molar-refractivity contribution is 7.90. The minimum absolute atomic E-state index is 0.0759. The molecule has 2 aromatic rings. The Balaban J connectivity index is 1.28. The van der Waals surface area contributed by atoms with Crippen LogP contribution in [0.15, 0.2) is 42.5 Å². The first-order valence-electron chi connectivity index (χ1n) is 14.0. The third-order valence-corrected chi connectivity index (χ3v) is 9.11. The second-order valence-corrected chi connectivity index (χ2v) is 12.6. The van der Waals surface area contributed by atoms with Gasteiger partial charge >= 0.3 is 18.1 Å². The zero-order chi connectivity index (χ0) is 32.8. The molecule has 2 saturated heterocycles. The summed E-state index contributed by atoms with van der Waals surface area (Å²) in [6.07, 6.45) is -2.85. The minimum atomic E-state index is -5.26. The number of carbonyl (C=O) groups is 4. The number of halogens is 3. The van der Waals surface area contributed by atoms with Gasteiger partial charge in [0.2, 0.25) is 21.8 Å². The van der Waals surface area contributed by atoms with E-state index in [0.29, 0.717) is 50.8 Å². The van der Waals surface area contributed by atoms with E-state index < -0.39 is 56.1 Å². The van der Waals surface area contributed by atoms with Crippen molar-refractivity contribution in [2.45, 2.75) is 55.5 Å². The van der Waals surface area contributed by atoms with Crippen molar-refractivity contribution in [1.29, 1.82) is 0 Å². The summed E-state index contributed by atoms with van der Waals surface area (Å²) in [6.45, 7) is 1.08. The topological polar surface area (TPSA) is 166 Å². The molecule has 0 aliphatic carbocycles. The number of amides is 2. The van der Waals surface area contributed by atoms with Crippen molar-refractivity contribution in [1.82, 2.24) is 15.4 Å². The first-order valence-corrected chi connectivity index (χ1v) is 15.6. The van der Waals surface area contributed by atoms with E-state index >= 15 is 0 Å². The maximum atomic E-state index is 12.7. The molecule has 244 valence electrons. The monoisotopic (exact) mass is 655 g/mol. The molecule has 3 N–H and O–H groups in total. The highest BCUT2D eigenvalue weighted by atomic mass is 32.2. The summed E-state index contributed by atoms with van der Waals surface area (Å²) < 4.78 is 79.0. The van der Waals surface area contributed by atoms with Gasteiger partial charge in [0.05, 0.1) is 25.7 Å².